The molecule has 1 aromatic heterocycles. The van der Waals surface area contributed by atoms with Gasteiger partial charge in [0.25, 0.3) is 0 Å². The molecule has 0 bridgehead atoms. The number of nitrogens with zero attached hydrogens (tertiary/aromatic N) is 2. The third-order valence-corrected chi connectivity index (χ3v) is 1.72. The summed E-state index contributed by atoms with van der Waals surface area (Å²) in [5.74, 6) is 0. The molecule has 1 heterocycles. The lowest BCUT2D eigenvalue weighted by molar-refractivity contribution is -0.181. The van der Waals surface area contributed by atoms with E-state index in [-0.39, 0.29) is 12.8 Å². The molecule has 7 heteroatoms. The van der Waals surface area contributed by atoms with Gasteiger partial charge in [-0.15, -0.1) is 0 Å². The molecule has 1 unspecified atom stereocenters. The Morgan fingerprint density at radius 1 is 1.56 bits per heavy atom. The molecule has 16 heavy (non-hydrogen) atoms. The van der Waals surface area contributed by atoms with Crippen LogP contribution in [0.1, 0.15) is 12.6 Å². The molecule has 0 amide bonds. The van der Waals surface area contributed by atoms with E-state index in [1.54, 1.807) is 6.20 Å². The summed E-state index contributed by atoms with van der Waals surface area (Å²) >= 11 is 0. The first-order valence-electron chi connectivity index (χ1n) is 4.77. The molecule has 0 fully saturated rings. The van der Waals surface area contributed by atoms with Crippen molar-refractivity contribution in [2.24, 2.45) is 5.73 Å². The summed E-state index contributed by atoms with van der Waals surface area (Å²) in [6, 6.07) is -0.0283. The van der Waals surface area contributed by atoms with Gasteiger partial charge in [-0.05, 0) is 6.92 Å². The van der Waals surface area contributed by atoms with E-state index in [1.165, 1.54) is 10.9 Å². The van der Waals surface area contributed by atoms with Crippen LogP contribution in [0.4, 0.5) is 13.2 Å². The van der Waals surface area contributed by atoms with E-state index in [1.807, 2.05) is 6.92 Å². The Bertz CT molecular complexity index is 322. The Hall–Kier alpha value is -1.08. The van der Waals surface area contributed by atoms with E-state index in [4.69, 9.17) is 5.73 Å². The summed E-state index contributed by atoms with van der Waals surface area (Å²) in [5, 5.41) is 0. The molecule has 0 radical (unpaired) electrons. The predicted molar refractivity (Wildman–Crippen MR) is 51.6 cm³/mol. The van der Waals surface area contributed by atoms with Crippen LogP contribution in [0.2, 0.25) is 0 Å². The van der Waals surface area contributed by atoms with Crippen LogP contribution in [0.3, 0.4) is 0 Å². The van der Waals surface area contributed by atoms with Gasteiger partial charge in [-0.3, -0.25) is 0 Å². The molecule has 0 spiro atoms. The monoisotopic (exact) mass is 237 g/mol. The molecule has 0 aliphatic heterocycles. The maximum Gasteiger partial charge on any atom is 0.411 e. The van der Waals surface area contributed by atoms with Crippen LogP contribution in [0, 0.1) is 0 Å². The first-order chi connectivity index (χ1) is 7.37. The smallest absolute Gasteiger partial charge is 0.351 e. The molecule has 0 aromatic carbocycles. The maximum atomic E-state index is 11.8. The molecule has 0 saturated carbocycles. The summed E-state index contributed by atoms with van der Waals surface area (Å²) < 4.78 is 41.2. The van der Waals surface area contributed by atoms with Crippen molar-refractivity contribution in [3.05, 3.63) is 18.2 Å². The van der Waals surface area contributed by atoms with Crippen molar-refractivity contribution in [3.63, 3.8) is 0 Å². The normalized spacial score (nSPS) is 14.1. The fourth-order valence-corrected chi connectivity index (χ4v) is 1.18. The Balaban J connectivity index is 2.35. The molecular weight excluding hydrogens is 223 g/mol. The molecule has 1 aromatic rings. The van der Waals surface area contributed by atoms with Gasteiger partial charge in [0.2, 0.25) is 0 Å². The summed E-state index contributed by atoms with van der Waals surface area (Å²) in [4.78, 5) is 3.99. The van der Waals surface area contributed by atoms with Crippen LogP contribution in [0.5, 0.6) is 0 Å². The topological polar surface area (TPSA) is 53.1 Å². The molecule has 0 aliphatic rings. The quantitative estimate of drug-likeness (QED) is 0.840. The van der Waals surface area contributed by atoms with Crippen LogP contribution in [0.25, 0.3) is 0 Å². The van der Waals surface area contributed by atoms with Crippen molar-refractivity contribution in [2.45, 2.75) is 32.3 Å². The molecule has 1 atom stereocenters. The van der Waals surface area contributed by atoms with Gasteiger partial charge in [0, 0.05) is 18.7 Å². The van der Waals surface area contributed by atoms with Crippen molar-refractivity contribution in [3.8, 4) is 0 Å². The van der Waals surface area contributed by atoms with E-state index in [0.717, 1.165) is 5.69 Å². The highest BCUT2D eigenvalue weighted by Gasteiger charge is 2.27. The Morgan fingerprint density at radius 2 is 2.25 bits per heavy atom. The molecular formula is C9H14F3N3O. The van der Waals surface area contributed by atoms with Gasteiger partial charge < -0.3 is 15.0 Å². The number of hydrogen-bond acceptors (Lipinski definition) is 3. The molecule has 0 aliphatic carbocycles. The standard InChI is InChI=1S/C9H14F3N3O/c1-7(13)2-8-3-15(5-14-8)6-16-4-9(10,11)12/h3,5,7H,2,4,6,13H2,1H3. The van der Waals surface area contributed by atoms with Gasteiger partial charge in [0.1, 0.15) is 13.3 Å². The van der Waals surface area contributed by atoms with Gasteiger partial charge in [-0.2, -0.15) is 13.2 Å². The highest BCUT2D eigenvalue weighted by molar-refractivity contribution is 4.98. The van der Waals surface area contributed by atoms with Crippen molar-refractivity contribution in [1.29, 1.82) is 0 Å². The average molecular weight is 237 g/mol. The number of hydrogen-bond donors (Lipinski definition) is 1. The number of alkyl halides is 3. The second-order valence-corrected chi connectivity index (χ2v) is 3.65. The maximum absolute atomic E-state index is 11.8. The lowest BCUT2D eigenvalue weighted by Gasteiger charge is -2.07. The van der Waals surface area contributed by atoms with Crippen molar-refractivity contribution in [1.82, 2.24) is 9.55 Å². The van der Waals surface area contributed by atoms with E-state index in [0.29, 0.717) is 6.42 Å². The van der Waals surface area contributed by atoms with Crippen molar-refractivity contribution in [2.75, 3.05) is 6.61 Å². The van der Waals surface area contributed by atoms with Gasteiger partial charge in [0.15, 0.2) is 0 Å². The number of nitrogens with two attached hydrogens (primary N) is 1. The largest absolute Gasteiger partial charge is 0.411 e. The number of aromatic nitrogens is 2. The number of rotatable bonds is 5. The lowest BCUT2D eigenvalue weighted by Crippen LogP contribution is -2.18. The number of halogens is 3. The zero-order valence-electron chi connectivity index (χ0n) is 8.87. The fourth-order valence-electron chi connectivity index (χ4n) is 1.18. The number of ether oxygens (including phenoxy) is 1. The van der Waals surface area contributed by atoms with Crippen LogP contribution < -0.4 is 5.73 Å². The average Bonchev–Trinajstić information content (AvgIpc) is 2.49. The van der Waals surface area contributed by atoms with E-state index < -0.39 is 12.8 Å². The Kier molecular flexibility index (Phi) is 4.31. The summed E-state index contributed by atoms with van der Waals surface area (Å²) in [7, 11) is 0. The van der Waals surface area contributed by atoms with Crippen LogP contribution in [0.15, 0.2) is 12.5 Å². The van der Waals surface area contributed by atoms with Crippen molar-refractivity contribution < 1.29 is 17.9 Å². The minimum absolute atomic E-state index is 0.0283. The second-order valence-electron chi connectivity index (χ2n) is 3.65. The highest BCUT2D eigenvalue weighted by Crippen LogP contribution is 2.14. The zero-order chi connectivity index (χ0) is 12.2. The Labute approximate surface area is 91.2 Å². The van der Waals surface area contributed by atoms with Gasteiger partial charge in [0.05, 0.1) is 12.0 Å². The zero-order valence-corrected chi connectivity index (χ0v) is 8.87. The van der Waals surface area contributed by atoms with Gasteiger partial charge >= 0.3 is 6.18 Å². The first kappa shape index (κ1) is 13.0. The van der Waals surface area contributed by atoms with E-state index in [9.17, 15) is 13.2 Å². The summed E-state index contributed by atoms with van der Waals surface area (Å²) in [6.45, 7) is 0.415. The van der Waals surface area contributed by atoms with Gasteiger partial charge in [-0.25, -0.2) is 4.98 Å². The fraction of sp³-hybridized carbons (Fsp3) is 0.667. The molecule has 2 N–H and O–H groups in total. The highest BCUT2D eigenvalue weighted by atomic mass is 19.4. The summed E-state index contributed by atoms with van der Waals surface area (Å²) in [6.07, 6.45) is -0.657. The molecule has 4 nitrogen and oxygen atoms in total. The minimum Gasteiger partial charge on any atom is -0.351 e. The third kappa shape index (κ3) is 5.13. The van der Waals surface area contributed by atoms with E-state index >= 15 is 0 Å². The Morgan fingerprint density at radius 3 is 2.81 bits per heavy atom. The van der Waals surface area contributed by atoms with Crippen LogP contribution in [-0.4, -0.2) is 28.4 Å². The SMILES string of the molecule is CC(N)Cc1cn(COCC(F)(F)F)cn1. The minimum atomic E-state index is -4.30. The lowest BCUT2D eigenvalue weighted by atomic mass is 10.2. The van der Waals surface area contributed by atoms with E-state index in [2.05, 4.69) is 9.72 Å². The van der Waals surface area contributed by atoms with Crippen LogP contribution in [-0.2, 0) is 17.9 Å². The predicted octanol–water partition coefficient (Wildman–Crippen LogP) is 1.31. The third-order valence-electron chi connectivity index (χ3n) is 1.72. The molecule has 92 valence electrons. The van der Waals surface area contributed by atoms with Crippen molar-refractivity contribution >= 4 is 0 Å². The molecule has 0 saturated heterocycles. The molecule has 1 rings (SSSR count). The second kappa shape index (κ2) is 5.31. The van der Waals surface area contributed by atoms with Crippen LogP contribution >= 0.6 is 0 Å². The first-order valence-corrected chi connectivity index (χ1v) is 4.77. The summed E-state index contributed by atoms with van der Waals surface area (Å²) in [5.41, 5.74) is 6.30. The van der Waals surface area contributed by atoms with Gasteiger partial charge in [-0.1, -0.05) is 0 Å². The number of imidazole rings is 1.